The van der Waals surface area contributed by atoms with Gasteiger partial charge in [0.05, 0.1) is 4.90 Å². The number of hydrogen-bond donors (Lipinski definition) is 2. The smallest absolute Gasteiger partial charge is 0.274 e. The van der Waals surface area contributed by atoms with Gasteiger partial charge in [-0.3, -0.25) is 5.10 Å². The van der Waals surface area contributed by atoms with E-state index in [9.17, 15) is 8.78 Å². The van der Waals surface area contributed by atoms with Gasteiger partial charge in [-0.2, -0.15) is 10.4 Å². The van der Waals surface area contributed by atoms with E-state index in [1.807, 2.05) is 5.10 Å². The number of nitrogens with one attached hydrogen (secondary N) is 1. The Balaban J connectivity index is 3.13. The van der Waals surface area contributed by atoms with Crippen LogP contribution in [0.3, 0.4) is 0 Å². The van der Waals surface area contributed by atoms with E-state index in [-0.39, 0.29) is 10.6 Å². The quantitative estimate of drug-likeness (QED) is 0.635. The van der Waals surface area contributed by atoms with Gasteiger partial charge in [0, 0.05) is 0 Å². The van der Waals surface area contributed by atoms with Gasteiger partial charge in [0.2, 0.25) is 0 Å². The Bertz CT molecular complexity index is 301. The molecular formula is C5H3F2N3S. The van der Waals surface area contributed by atoms with Crippen molar-refractivity contribution in [2.24, 2.45) is 0 Å². The van der Waals surface area contributed by atoms with Gasteiger partial charge in [-0.15, -0.1) is 12.6 Å². The second-order valence-electron chi connectivity index (χ2n) is 1.75. The van der Waals surface area contributed by atoms with Crippen LogP contribution in [0.4, 0.5) is 8.78 Å². The zero-order valence-corrected chi connectivity index (χ0v) is 6.07. The third kappa shape index (κ3) is 1.33. The largest absolute Gasteiger partial charge is 0.280 e. The molecule has 0 amide bonds. The molecule has 0 aromatic carbocycles. The molecule has 0 saturated carbocycles. The number of nitriles is 1. The van der Waals surface area contributed by atoms with Crippen LogP contribution < -0.4 is 0 Å². The first-order valence-corrected chi connectivity index (χ1v) is 3.07. The van der Waals surface area contributed by atoms with Crippen molar-refractivity contribution in [1.82, 2.24) is 10.2 Å². The lowest BCUT2D eigenvalue weighted by Crippen LogP contribution is -1.84. The number of aromatic nitrogens is 2. The van der Waals surface area contributed by atoms with Crippen LogP contribution in [0.2, 0.25) is 0 Å². The van der Waals surface area contributed by atoms with Crippen LogP contribution in [0, 0.1) is 11.3 Å². The van der Waals surface area contributed by atoms with Crippen molar-refractivity contribution in [1.29, 1.82) is 5.26 Å². The summed E-state index contributed by atoms with van der Waals surface area (Å²) in [6.45, 7) is 0. The molecule has 0 unspecified atom stereocenters. The zero-order chi connectivity index (χ0) is 8.43. The van der Waals surface area contributed by atoms with E-state index >= 15 is 0 Å². The van der Waals surface area contributed by atoms with Gasteiger partial charge < -0.3 is 0 Å². The number of nitrogens with zero attached hydrogens (tertiary/aromatic N) is 2. The maximum absolute atomic E-state index is 11.9. The Labute approximate surface area is 66.4 Å². The predicted octanol–water partition coefficient (Wildman–Crippen LogP) is 1.51. The average molecular weight is 175 g/mol. The second-order valence-corrected chi connectivity index (χ2v) is 2.19. The lowest BCUT2D eigenvalue weighted by Gasteiger charge is -1.92. The molecule has 0 fully saturated rings. The Hall–Kier alpha value is -1.09. The minimum Gasteiger partial charge on any atom is -0.274 e. The van der Waals surface area contributed by atoms with Crippen molar-refractivity contribution in [3.05, 3.63) is 11.4 Å². The van der Waals surface area contributed by atoms with Gasteiger partial charge >= 0.3 is 0 Å². The molecular weight excluding hydrogens is 172 g/mol. The SMILES string of the molecule is N#Cc1n[nH]c(C(F)F)c1S. The molecule has 0 radical (unpaired) electrons. The van der Waals surface area contributed by atoms with Gasteiger partial charge in [-0.1, -0.05) is 0 Å². The van der Waals surface area contributed by atoms with Crippen LogP contribution >= 0.6 is 12.6 Å². The standard InChI is InChI=1S/C5H3F2N3S/c6-5(7)3-4(11)2(1-8)9-10-3/h5,11H,(H,9,10). The van der Waals surface area contributed by atoms with Gasteiger partial charge in [0.25, 0.3) is 6.43 Å². The summed E-state index contributed by atoms with van der Waals surface area (Å²) in [5, 5.41) is 13.6. The summed E-state index contributed by atoms with van der Waals surface area (Å²) >= 11 is 3.69. The van der Waals surface area contributed by atoms with Crippen molar-refractivity contribution in [3.8, 4) is 6.07 Å². The van der Waals surface area contributed by atoms with Crippen molar-refractivity contribution in [3.63, 3.8) is 0 Å². The number of H-pyrrole nitrogens is 1. The molecule has 1 aromatic heterocycles. The monoisotopic (exact) mass is 175 g/mol. The molecule has 0 aliphatic heterocycles. The minimum absolute atomic E-state index is 0.0810. The molecule has 0 bridgehead atoms. The summed E-state index contributed by atoms with van der Waals surface area (Å²) in [5.41, 5.74) is -0.520. The van der Waals surface area contributed by atoms with E-state index in [0.717, 1.165) is 0 Å². The molecule has 0 aliphatic carbocycles. The summed E-state index contributed by atoms with van der Waals surface area (Å²) in [6, 6.07) is 1.62. The van der Waals surface area contributed by atoms with Gasteiger partial charge in [-0.25, -0.2) is 8.78 Å². The first-order valence-electron chi connectivity index (χ1n) is 2.62. The van der Waals surface area contributed by atoms with E-state index in [0.29, 0.717) is 0 Å². The van der Waals surface area contributed by atoms with Crippen LogP contribution in [0.1, 0.15) is 17.8 Å². The van der Waals surface area contributed by atoms with E-state index < -0.39 is 12.1 Å². The molecule has 0 aliphatic rings. The maximum atomic E-state index is 11.9. The fraction of sp³-hybridized carbons (Fsp3) is 0.200. The lowest BCUT2D eigenvalue weighted by molar-refractivity contribution is 0.143. The summed E-state index contributed by atoms with van der Waals surface area (Å²) in [4.78, 5) is -0.0810. The van der Waals surface area contributed by atoms with Crippen molar-refractivity contribution < 1.29 is 8.78 Å². The number of halogens is 2. The summed E-state index contributed by atoms with van der Waals surface area (Å²) in [7, 11) is 0. The Kier molecular flexibility index (Phi) is 2.10. The Morgan fingerprint density at radius 3 is 2.55 bits per heavy atom. The molecule has 11 heavy (non-hydrogen) atoms. The molecule has 6 heteroatoms. The zero-order valence-electron chi connectivity index (χ0n) is 5.17. The third-order valence-electron chi connectivity index (χ3n) is 1.09. The highest BCUT2D eigenvalue weighted by Gasteiger charge is 2.16. The summed E-state index contributed by atoms with van der Waals surface area (Å²) < 4.78 is 23.9. The number of thiol groups is 1. The van der Waals surface area contributed by atoms with Crippen LogP contribution in [0.15, 0.2) is 4.90 Å². The van der Waals surface area contributed by atoms with Crippen molar-refractivity contribution in [2.75, 3.05) is 0 Å². The molecule has 1 N–H and O–H groups in total. The fourth-order valence-electron chi connectivity index (χ4n) is 0.580. The highest BCUT2D eigenvalue weighted by atomic mass is 32.1. The predicted molar refractivity (Wildman–Crippen MR) is 35.5 cm³/mol. The van der Waals surface area contributed by atoms with Gasteiger partial charge in [0.15, 0.2) is 5.69 Å². The van der Waals surface area contributed by atoms with Gasteiger partial charge in [-0.05, 0) is 0 Å². The summed E-state index contributed by atoms with van der Waals surface area (Å²) in [6.07, 6.45) is -2.67. The molecule has 3 nitrogen and oxygen atoms in total. The Morgan fingerprint density at radius 1 is 1.64 bits per heavy atom. The topological polar surface area (TPSA) is 52.5 Å². The number of alkyl halides is 2. The maximum Gasteiger partial charge on any atom is 0.280 e. The third-order valence-corrected chi connectivity index (χ3v) is 1.54. The molecule has 58 valence electrons. The molecule has 0 spiro atoms. The number of aromatic amines is 1. The molecule has 1 heterocycles. The highest BCUT2D eigenvalue weighted by molar-refractivity contribution is 7.80. The molecule has 1 aromatic rings. The van der Waals surface area contributed by atoms with Crippen LogP contribution in [0.25, 0.3) is 0 Å². The first kappa shape index (κ1) is 8.01. The first-order chi connectivity index (χ1) is 5.16. The van der Waals surface area contributed by atoms with Crippen LogP contribution in [0.5, 0.6) is 0 Å². The second kappa shape index (κ2) is 2.88. The molecule has 0 atom stereocenters. The Morgan fingerprint density at radius 2 is 2.27 bits per heavy atom. The molecule has 0 saturated heterocycles. The number of hydrogen-bond acceptors (Lipinski definition) is 3. The van der Waals surface area contributed by atoms with Crippen LogP contribution in [-0.4, -0.2) is 10.2 Å². The minimum atomic E-state index is -2.67. The highest BCUT2D eigenvalue weighted by Crippen LogP contribution is 2.24. The molecule has 1 rings (SSSR count). The fourth-order valence-corrected chi connectivity index (χ4v) is 0.827. The lowest BCUT2D eigenvalue weighted by atomic mass is 10.4. The van der Waals surface area contributed by atoms with E-state index in [1.165, 1.54) is 0 Å². The summed E-state index contributed by atoms with van der Waals surface area (Å²) in [5.74, 6) is 0. The van der Waals surface area contributed by atoms with Crippen LogP contribution in [-0.2, 0) is 0 Å². The van der Waals surface area contributed by atoms with E-state index in [4.69, 9.17) is 5.26 Å². The van der Waals surface area contributed by atoms with Crippen molar-refractivity contribution >= 4 is 12.6 Å². The van der Waals surface area contributed by atoms with E-state index in [1.54, 1.807) is 6.07 Å². The number of rotatable bonds is 1. The average Bonchev–Trinajstić information content (AvgIpc) is 2.30. The normalized spacial score (nSPS) is 10.1. The van der Waals surface area contributed by atoms with E-state index in [2.05, 4.69) is 17.7 Å². The van der Waals surface area contributed by atoms with Crippen molar-refractivity contribution in [2.45, 2.75) is 11.3 Å². The van der Waals surface area contributed by atoms with Gasteiger partial charge in [0.1, 0.15) is 11.8 Å².